The molecule has 2 aromatic rings. The molecule has 0 bridgehead atoms. The lowest BCUT2D eigenvalue weighted by Crippen LogP contribution is -1.96. The van der Waals surface area contributed by atoms with Crippen molar-refractivity contribution in [2.45, 2.75) is 13.0 Å². The van der Waals surface area contributed by atoms with Crippen LogP contribution in [-0.4, -0.2) is 5.11 Å². The van der Waals surface area contributed by atoms with Crippen molar-refractivity contribution in [1.29, 1.82) is 0 Å². The standard InChI is InChI=1S/C10H9BrOS2/c1-6-8(2-3-13-6)10(12)9-4-7(11)5-14-9/h2-5,10,12H,1H3. The van der Waals surface area contributed by atoms with Crippen molar-refractivity contribution in [3.63, 3.8) is 0 Å². The summed E-state index contributed by atoms with van der Waals surface area (Å²) in [5, 5.41) is 14.1. The Balaban J connectivity index is 2.33. The second-order valence-corrected chi connectivity index (χ2v) is 5.98. The van der Waals surface area contributed by atoms with Crippen molar-refractivity contribution in [3.05, 3.63) is 42.7 Å². The molecule has 2 aromatic heterocycles. The van der Waals surface area contributed by atoms with E-state index in [-0.39, 0.29) is 0 Å². The van der Waals surface area contributed by atoms with Crippen LogP contribution in [0.3, 0.4) is 0 Å². The summed E-state index contributed by atoms with van der Waals surface area (Å²) in [5.41, 5.74) is 1.02. The van der Waals surface area contributed by atoms with Crippen LogP contribution in [-0.2, 0) is 0 Å². The molecule has 74 valence electrons. The number of thiophene rings is 2. The van der Waals surface area contributed by atoms with Gasteiger partial charge in [0, 0.05) is 19.6 Å². The van der Waals surface area contributed by atoms with Gasteiger partial charge in [-0.1, -0.05) is 0 Å². The van der Waals surface area contributed by atoms with Crippen molar-refractivity contribution >= 4 is 38.6 Å². The first-order valence-corrected chi connectivity index (χ1v) is 6.69. The van der Waals surface area contributed by atoms with E-state index in [1.165, 1.54) is 4.88 Å². The summed E-state index contributed by atoms with van der Waals surface area (Å²) in [6.07, 6.45) is -0.474. The van der Waals surface area contributed by atoms with E-state index in [2.05, 4.69) is 15.9 Å². The Bertz CT molecular complexity index is 433. The third-order valence-corrected chi connectivity index (χ3v) is 4.66. The molecule has 0 aliphatic heterocycles. The quantitative estimate of drug-likeness (QED) is 0.887. The van der Waals surface area contributed by atoms with Crippen LogP contribution in [0.1, 0.15) is 21.4 Å². The van der Waals surface area contributed by atoms with Crippen LogP contribution in [0.4, 0.5) is 0 Å². The summed E-state index contributed by atoms with van der Waals surface area (Å²) in [5.74, 6) is 0. The van der Waals surface area contributed by atoms with E-state index in [9.17, 15) is 5.11 Å². The molecule has 0 radical (unpaired) electrons. The van der Waals surface area contributed by atoms with Crippen LogP contribution in [0.5, 0.6) is 0 Å². The number of aliphatic hydroxyl groups is 1. The van der Waals surface area contributed by atoms with E-state index in [4.69, 9.17) is 0 Å². The molecule has 1 unspecified atom stereocenters. The van der Waals surface area contributed by atoms with Crippen LogP contribution < -0.4 is 0 Å². The normalized spacial score (nSPS) is 13.1. The molecule has 1 atom stereocenters. The minimum atomic E-state index is -0.474. The summed E-state index contributed by atoms with van der Waals surface area (Å²) in [6.45, 7) is 2.03. The maximum Gasteiger partial charge on any atom is 0.114 e. The van der Waals surface area contributed by atoms with E-state index in [0.29, 0.717) is 0 Å². The summed E-state index contributed by atoms with van der Waals surface area (Å²) < 4.78 is 1.03. The SMILES string of the molecule is Cc1sccc1C(O)c1cc(Br)cs1. The fraction of sp³-hybridized carbons (Fsp3) is 0.200. The highest BCUT2D eigenvalue weighted by molar-refractivity contribution is 9.10. The molecule has 0 aliphatic carbocycles. The molecule has 0 fully saturated rings. The lowest BCUT2D eigenvalue weighted by atomic mass is 10.1. The third-order valence-electron chi connectivity index (χ3n) is 2.05. The molecular formula is C10H9BrOS2. The van der Waals surface area contributed by atoms with E-state index < -0.39 is 6.10 Å². The Kier molecular flexibility index (Phi) is 3.07. The first kappa shape index (κ1) is 10.4. The molecule has 2 heterocycles. The third kappa shape index (κ3) is 1.93. The van der Waals surface area contributed by atoms with Crippen LogP contribution in [0.25, 0.3) is 0 Å². The number of aliphatic hydroxyl groups excluding tert-OH is 1. The second-order valence-electron chi connectivity index (χ2n) is 3.00. The zero-order valence-electron chi connectivity index (χ0n) is 7.53. The number of halogens is 1. The zero-order chi connectivity index (χ0) is 10.1. The van der Waals surface area contributed by atoms with Gasteiger partial charge in [0.05, 0.1) is 0 Å². The van der Waals surface area contributed by atoms with Gasteiger partial charge in [-0.25, -0.2) is 0 Å². The van der Waals surface area contributed by atoms with Crippen molar-refractivity contribution in [2.75, 3.05) is 0 Å². The summed E-state index contributed by atoms with van der Waals surface area (Å²) >= 11 is 6.62. The first-order valence-electron chi connectivity index (χ1n) is 4.14. The number of rotatable bonds is 2. The molecule has 4 heteroatoms. The van der Waals surface area contributed by atoms with Gasteiger partial charge < -0.3 is 5.11 Å². The summed E-state index contributed by atoms with van der Waals surface area (Å²) in [6, 6.07) is 3.95. The van der Waals surface area contributed by atoms with Gasteiger partial charge in [-0.05, 0) is 45.9 Å². The predicted octanol–water partition coefficient (Wildman–Crippen LogP) is 3.96. The average Bonchev–Trinajstić information content (AvgIpc) is 2.73. The molecule has 0 spiro atoms. The Morgan fingerprint density at radius 3 is 2.71 bits per heavy atom. The van der Waals surface area contributed by atoms with Gasteiger partial charge in [-0.2, -0.15) is 0 Å². The fourth-order valence-corrected chi connectivity index (χ4v) is 3.48. The maximum absolute atomic E-state index is 10.1. The Morgan fingerprint density at radius 1 is 1.43 bits per heavy atom. The van der Waals surface area contributed by atoms with E-state index in [0.717, 1.165) is 14.9 Å². The topological polar surface area (TPSA) is 20.2 Å². The predicted molar refractivity (Wildman–Crippen MR) is 65.1 cm³/mol. The van der Waals surface area contributed by atoms with Gasteiger partial charge in [-0.3, -0.25) is 0 Å². The largest absolute Gasteiger partial charge is 0.383 e. The minimum absolute atomic E-state index is 0.474. The van der Waals surface area contributed by atoms with E-state index >= 15 is 0 Å². The molecule has 0 amide bonds. The summed E-state index contributed by atoms with van der Waals surface area (Å²) in [4.78, 5) is 2.17. The van der Waals surface area contributed by atoms with Crippen LogP contribution in [0.2, 0.25) is 0 Å². The molecule has 1 nitrogen and oxygen atoms in total. The highest BCUT2D eigenvalue weighted by Gasteiger charge is 2.15. The zero-order valence-corrected chi connectivity index (χ0v) is 10.7. The van der Waals surface area contributed by atoms with Crippen molar-refractivity contribution in [1.82, 2.24) is 0 Å². The van der Waals surface area contributed by atoms with Gasteiger partial charge in [0.25, 0.3) is 0 Å². The highest BCUT2D eigenvalue weighted by Crippen LogP contribution is 2.32. The molecule has 0 aromatic carbocycles. The summed E-state index contributed by atoms with van der Waals surface area (Å²) in [7, 11) is 0. The van der Waals surface area contributed by atoms with Crippen LogP contribution in [0.15, 0.2) is 27.4 Å². The molecule has 14 heavy (non-hydrogen) atoms. The van der Waals surface area contributed by atoms with Crippen molar-refractivity contribution in [3.8, 4) is 0 Å². The monoisotopic (exact) mass is 288 g/mol. The van der Waals surface area contributed by atoms with Gasteiger partial charge in [0.2, 0.25) is 0 Å². The highest BCUT2D eigenvalue weighted by atomic mass is 79.9. The Labute approximate surface area is 99.2 Å². The van der Waals surface area contributed by atoms with E-state index in [1.54, 1.807) is 22.7 Å². The van der Waals surface area contributed by atoms with Gasteiger partial charge in [-0.15, -0.1) is 22.7 Å². The molecule has 0 saturated carbocycles. The lowest BCUT2D eigenvalue weighted by Gasteiger charge is -2.07. The molecule has 0 aliphatic rings. The first-order chi connectivity index (χ1) is 6.68. The fourth-order valence-electron chi connectivity index (χ4n) is 1.30. The van der Waals surface area contributed by atoms with Crippen LogP contribution >= 0.6 is 38.6 Å². The smallest absolute Gasteiger partial charge is 0.114 e. The molecular weight excluding hydrogens is 280 g/mol. The maximum atomic E-state index is 10.1. The minimum Gasteiger partial charge on any atom is -0.383 e. The number of aryl methyl sites for hydroxylation is 1. The van der Waals surface area contributed by atoms with Gasteiger partial charge in [0.15, 0.2) is 0 Å². The van der Waals surface area contributed by atoms with E-state index in [1.807, 2.05) is 29.8 Å². The molecule has 2 rings (SSSR count). The van der Waals surface area contributed by atoms with Gasteiger partial charge in [0.1, 0.15) is 6.10 Å². The number of hydrogen-bond acceptors (Lipinski definition) is 3. The second kappa shape index (κ2) is 4.14. The van der Waals surface area contributed by atoms with Crippen LogP contribution in [0, 0.1) is 6.92 Å². The Morgan fingerprint density at radius 2 is 2.21 bits per heavy atom. The molecule has 0 saturated heterocycles. The molecule has 1 N–H and O–H groups in total. The lowest BCUT2D eigenvalue weighted by molar-refractivity contribution is 0.224. The Hall–Kier alpha value is -0.160. The van der Waals surface area contributed by atoms with Gasteiger partial charge >= 0.3 is 0 Å². The van der Waals surface area contributed by atoms with Crippen molar-refractivity contribution < 1.29 is 5.11 Å². The van der Waals surface area contributed by atoms with Crippen molar-refractivity contribution in [2.24, 2.45) is 0 Å². The average molecular weight is 289 g/mol. The number of hydrogen-bond donors (Lipinski definition) is 1.